The lowest BCUT2D eigenvalue weighted by Gasteiger charge is -2.22. The Hall–Kier alpha value is -2.43. The second-order valence-corrected chi connectivity index (χ2v) is 7.61. The Morgan fingerprint density at radius 1 is 1.04 bits per heavy atom. The first-order valence-corrected chi connectivity index (χ1v) is 10.4. The molecule has 0 unspecified atom stereocenters. The van der Waals surface area contributed by atoms with Crippen molar-refractivity contribution < 1.29 is 0 Å². The summed E-state index contributed by atoms with van der Waals surface area (Å²) < 4.78 is 2.07. The number of aromatic nitrogens is 2. The van der Waals surface area contributed by atoms with E-state index in [0.717, 1.165) is 31.9 Å². The summed E-state index contributed by atoms with van der Waals surface area (Å²) in [5, 5.41) is 8.62. The number of rotatable bonds is 8. The molecule has 1 fully saturated rings. The van der Waals surface area contributed by atoms with Gasteiger partial charge in [-0.3, -0.25) is 9.58 Å². The lowest BCUT2D eigenvalue weighted by atomic mass is 10.1. The van der Waals surface area contributed by atoms with E-state index in [4.69, 9.17) is 5.10 Å². The molecule has 28 heavy (non-hydrogen) atoms. The van der Waals surface area contributed by atoms with Crippen LogP contribution in [0.15, 0.2) is 66.9 Å². The van der Waals surface area contributed by atoms with Crippen molar-refractivity contribution in [3.8, 4) is 11.3 Å². The lowest BCUT2D eigenvalue weighted by Crippen LogP contribution is -2.37. The molecule has 1 N–H and O–H groups in total. The molecular formula is C24H30N4. The van der Waals surface area contributed by atoms with Gasteiger partial charge < -0.3 is 5.32 Å². The predicted molar refractivity (Wildman–Crippen MR) is 115 cm³/mol. The van der Waals surface area contributed by atoms with Gasteiger partial charge in [-0.2, -0.15) is 5.10 Å². The number of likely N-dealkylation sites (tertiary alicyclic amines) is 1. The molecule has 1 saturated heterocycles. The van der Waals surface area contributed by atoms with Crippen LogP contribution >= 0.6 is 0 Å². The highest BCUT2D eigenvalue weighted by molar-refractivity contribution is 5.62. The molecular weight excluding hydrogens is 344 g/mol. The molecule has 0 radical (unpaired) electrons. The predicted octanol–water partition coefficient (Wildman–Crippen LogP) is 4.17. The second-order valence-electron chi connectivity index (χ2n) is 7.61. The number of hydrogen-bond donors (Lipinski definition) is 1. The standard InChI is InChI=1S/C24H30N4/c1-2-27-15-9-14-23(27)17-25-16-22-19-28(18-20-10-5-3-6-11-20)26-24(22)21-12-7-4-8-13-21/h3-8,10-13,19,23,25H,2,9,14-18H2,1H3/t23-/m0/s1. The van der Waals surface area contributed by atoms with Crippen molar-refractivity contribution in [1.29, 1.82) is 0 Å². The largest absolute Gasteiger partial charge is 0.311 e. The molecule has 2 aromatic carbocycles. The number of hydrogen-bond acceptors (Lipinski definition) is 3. The van der Waals surface area contributed by atoms with E-state index in [1.807, 2.05) is 0 Å². The van der Waals surface area contributed by atoms with Gasteiger partial charge in [0.1, 0.15) is 0 Å². The Labute approximate surface area is 168 Å². The third-order valence-corrected chi connectivity index (χ3v) is 5.67. The fraction of sp³-hybridized carbons (Fsp3) is 0.375. The molecule has 4 rings (SSSR count). The lowest BCUT2D eigenvalue weighted by molar-refractivity contribution is 0.260. The summed E-state index contributed by atoms with van der Waals surface area (Å²) in [7, 11) is 0. The van der Waals surface area contributed by atoms with Crippen LogP contribution in [0.1, 0.15) is 30.9 Å². The summed E-state index contributed by atoms with van der Waals surface area (Å²) in [6.45, 7) is 7.36. The first kappa shape index (κ1) is 18.9. The van der Waals surface area contributed by atoms with Crippen LogP contribution in [-0.4, -0.2) is 40.4 Å². The maximum Gasteiger partial charge on any atom is 0.0968 e. The van der Waals surface area contributed by atoms with Crippen molar-refractivity contribution in [3.63, 3.8) is 0 Å². The molecule has 0 amide bonds. The van der Waals surface area contributed by atoms with Gasteiger partial charge in [-0.15, -0.1) is 0 Å². The molecule has 0 spiro atoms. The van der Waals surface area contributed by atoms with E-state index < -0.39 is 0 Å². The van der Waals surface area contributed by atoms with E-state index in [2.05, 4.69) is 88.7 Å². The summed E-state index contributed by atoms with van der Waals surface area (Å²) in [6.07, 6.45) is 4.83. The minimum absolute atomic E-state index is 0.671. The van der Waals surface area contributed by atoms with Crippen LogP contribution < -0.4 is 5.32 Å². The van der Waals surface area contributed by atoms with Crippen molar-refractivity contribution in [2.24, 2.45) is 0 Å². The van der Waals surface area contributed by atoms with Crippen LogP contribution in [0.3, 0.4) is 0 Å². The quantitative estimate of drug-likeness (QED) is 0.642. The minimum atomic E-state index is 0.671. The summed E-state index contributed by atoms with van der Waals surface area (Å²) in [4.78, 5) is 2.59. The Morgan fingerprint density at radius 2 is 1.79 bits per heavy atom. The monoisotopic (exact) mass is 374 g/mol. The first-order chi connectivity index (χ1) is 13.8. The van der Waals surface area contributed by atoms with E-state index in [1.54, 1.807) is 0 Å². The van der Waals surface area contributed by atoms with E-state index in [9.17, 15) is 0 Å². The van der Waals surface area contributed by atoms with Gasteiger partial charge in [-0.05, 0) is 31.5 Å². The van der Waals surface area contributed by atoms with E-state index in [-0.39, 0.29) is 0 Å². The maximum atomic E-state index is 4.92. The third-order valence-electron chi connectivity index (χ3n) is 5.67. The SMILES string of the molecule is CCN1CCC[C@H]1CNCc1cn(Cc2ccccc2)nc1-c1ccccc1. The highest BCUT2D eigenvalue weighted by Gasteiger charge is 2.22. The van der Waals surface area contributed by atoms with E-state index >= 15 is 0 Å². The van der Waals surface area contributed by atoms with Crippen LogP contribution in [0.4, 0.5) is 0 Å². The molecule has 1 aromatic heterocycles. The maximum absolute atomic E-state index is 4.92. The number of nitrogens with one attached hydrogen (secondary N) is 1. The molecule has 1 atom stereocenters. The van der Waals surface area contributed by atoms with E-state index in [1.165, 1.54) is 36.1 Å². The van der Waals surface area contributed by atoms with Gasteiger partial charge >= 0.3 is 0 Å². The van der Waals surface area contributed by atoms with Gasteiger partial charge in [-0.1, -0.05) is 67.6 Å². The van der Waals surface area contributed by atoms with Crippen molar-refractivity contribution in [1.82, 2.24) is 20.0 Å². The van der Waals surface area contributed by atoms with Crippen molar-refractivity contribution in [2.45, 2.75) is 38.9 Å². The number of likely N-dealkylation sites (N-methyl/N-ethyl adjacent to an activating group) is 1. The molecule has 4 nitrogen and oxygen atoms in total. The van der Waals surface area contributed by atoms with Gasteiger partial charge in [0, 0.05) is 36.5 Å². The van der Waals surface area contributed by atoms with Gasteiger partial charge in [0.25, 0.3) is 0 Å². The summed E-state index contributed by atoms with van der Waals surface area (Å²) in [6, 6.07) is 21.7. The van der Waals surface area contributed by atoms with Crippen LogP contribution in [0, 0.1) is 0 Å². The van der Waals surface area contributed by atoms with Crippen molar-refractivity contribution in [3.05, 3.63) is 78.0 Å². The van der Waals surface area contributed by atoms with Crippen LogP contribution in [0.25, 0.3) is 11.3 Å². The zero-order valence-corrected chi connectivity index (χ0v) is 16.7. The van der Waals surface area contributed by atoms with Gasteiger partial charge in [0.15, 0.2) is 0 Å². The summed E-state index contributed by atoms with van der Waals surface area (Å²) in [5.74, 6) is 0. The van der Waals surface area contributed by atoms with Crippen LogP contribution in [0.5, 0.6) is 0 Å². The number of nitrogens with zero attached hydrogens (tertiary/aromatic N) is 3. The van der Waals surface area contributed by atoms with Crippen molar-refractivity contribution >= 4 is 0 Å². The zero-order chi connectivity index (χ0) is 19.2. The molecule has 0 saturated carbocycles. The Balaban J connectivity index is 1.49. The third kappa shape index (κ3) is 4.51. The number of benzene rings is 2. The van der Waals surface area contributed by atoms with E-state index in [0.29, 0.717) is 6.04 Å². The molecule has 1 aliphatic rings. The average Bonchev–Trinajstić information content (AvgIpc) is 3.36. The van der Waals surface area contributed by atoms with Gasteiger partial charge in [-0.25, -0.2) is 0 Å². The fourth-order valence-electron chi connectivity index (χ4n) is 4.20. The molecule has 4 heteroatoms. The van der Waals surface area contributed by atoms with Gasteiger partial charge in [0.2, 0.25) is 0 Å². The molecule has 1 aliphatic heterocycles. The Kier molecular flexibility index (Phi) is 6.20. The first-order valence-electron chi connectivity index (χ1n) is 10.4. The topological polar surface area (TPSA) is 33.1 Å². The van der Waals surface area contributed by atoms with Crippen LogP contribution in [-0.2, 0) is 13.1 Å². The molecule has 146 valence electrons. The highest BCUT2D eigenvalue weighted by atomic mass is 15.3. The Morgan fingerprint density at radius 3 is 2.54 bits per heavy atom. The molecule has 0 aliphatic carbocycles. The Bertz CT molecular complexity index is 857. The average molecular weight is 375 g/mol. The second kappa shape index (κ2) is 9.18. The normalized spacial score (nSPS) is 17.2. The smallest absolute Gasteiger partial charge is 0.0968 e. The summed E-state index contributed by atoms with van der Waals surface area (Å²) in [5.41, 5.74) is 4.81. The van der Waals surface area contributed by atoms with Crippen molar-refractivity contribution in [2.75, 3.05) is 19.6 Å². The van der Waals surface area contributed by atoms with Gasteiger partial charge in [0.05, 0.1) is 12.2 Å². The minimum Gasteiger partial charge on any atom is -0.311 e. The fourth-order valence-corrected chi connectivity index (χ4v) is 4.20. The molecule has 3 aromatic rings. The molecule has 0 bridgehead atoms. The van der Waals surface area contributed by atoms with Crippen LogP contribution in [0.2, 0.25) is 0 Å². The molecule has 2 heterocycles. The highest BCUT2D eigenvalue weighted by Crippen LogP contribution is 2.23. The zero-order valence-electron chi connectivity index (χ0n) is 16.7. The summed E-state index contributed by atoms with van der Waals surface area (Å²) >= 11 is 0.